The number of benzene rings is 2. The van der Waals surface area contributed by atoms with E-state index in [-0.39, 0.29) is 24.4 Å². The molecule has 0 heterocycles. The molecule has 0 aliphatic rings. The van der Waals surface area contributed by atoms with Gasteiger partial charge in [0.05, 0.1) is 12.7 Å². The molecule has 21 heavy (non-hydrogen) atoms. The van der Waals surface area contributed by atoms with Gasteiger partial charge in [-0.25, -0.2) is 0 Å². The van der Waals surface area contributed by atoms with Gasteiger partial charge in [0.15, 0.2) is 11.6 Å². The van der Waals surface area contributed by atoms with E-state index in [1.54, 1.807) is 30.3 Å². The SMILES string of the molecule is COc1ccccc1C(=O)CCC(=O)c1ccc(C)cc1. The smallest absolute Gasteiger partial charge is 0.167 e. The van der Waals surface area contributed by atoms with Gasteiger partial charge in [-0.3, -0.25) is 9.59 Å². The van der Waals surface area contributed by atoms with Crippen LogP contribution in [0.2, 0.25) is 0 Å². The number of Topliss-reactive ketones (excluding diaryl/α,β-unsaturated/α-hetero) is 2. The van der Waals surface area contributed by atoms with E-state index in [1.165, 1.54) is 7.11 Å². The lowest BCUT2D eigenvalue weighted by Gasteiger charge is -2.07. The van der Waals surface area contributed by atoms with Crippen molar-refractivity contribution in [1.29, 1.82) is 0 Å². The van der Waals surface area contributed by atoms with Crippen molar-refractivity contribution in [1.82, 2.24) is 0 Å². The minimum Gasteiger partial charge on any atom is -0.496 e. The molecule has 3 nitrogen and oxygen atoms in total. The predicted molar refractivity (Wildman–Crippen MR) is 82.1 cm³/mol. The number of hydrogen-bond acceptors (Lipinski definition) is 3. The summed E-state index contributed by atoms with van der Waals surface area (Å²) in [5.41, 5.74) is 2.28. The molecule has 0 aromatic heterocycles. The highest BCUT2D eigenvalue weighted by Crippen LogP contribution is 2.20. The van der Waals surface area contributed by atoms with Crippen molar-refractivity contribution in [2.75, 3.05) is 7.11 Å². The van der Waals surface area contributed by atoms with Crippen LogP contribution in [0, 0.1) is 6.92 Å². The van der Waals surface area contributed by atoms with Crippen molar-refractivity contribution in [2.24, 2.45) is 0 Å². The monoisotopic (exact) mass is 282 g/mol. The van der Waals surface area contributed by atoms with E-state index < -0.39 is 0 Å². The van der Waals surface area contributed by atoms with Crippen molar-refractivity contribution < 1.29 is 14.3 Å². The maximum absolute atomic E-state index is 12.2. The van der Waals surface area contributed by atoms with Gasteiger partial charge in [-0.1, -0.05) is 42.0 Å². The first kappa shape index (κ1) is 15.0. The maximum atomic E-state index is 12.2. The van der Waals surface area contributed by atoms with Crippen LogP contribution in [0.1, 0.15) is 39.1 Å². The third-order valence-electron chi connectivity index (χ3n) is 3.36. The lowest BCUT2D eigenvalue weighted by Crippen LogP contribution is -2.06. The molecule has 2 aromatic carbocycles. The Bertz CT molecular complexity index is 642. The van der Waals surface area contributed by atoms with Crippen LogP contribution < -0.4 is 4.74 Å². The fourth-order valence-corrected chi connectivity index (χ4v) is 2.12. The topological polar surface area (TPSA) is 43.4 Å². The summed E-state index contributed by atoms with van der Waals surface area (Å²) in [6, 6.07) is 14.5. The molecular formula is C18H18O3. The second-order valence-electron chi connectivity index (χ2n) is 4.91. The number of ketones is 2. The van der Waals surface area contributed by atoms with E-state index in [1.807, 2.05) is 25.1 Å². The minimum absolute atomic E-state index is 0.0155. The van der Waals surface area contributed by atoms with Crippen molar-refractivity contribution in [2.45, 2.75) is 19.8 Å². The first-order valence-corrected chi connectivity index (χ1v) is 6.88. The normalized spacial score (nSPS) is 10.2. The van der Waals surface area contributed by atoms with Gasteiger partial charge in [-0.05, 0) is 19.1 Å². The van der Waals surface area contributed by atoms with E-state index >= 15 is 0 Å². The zero-order valence-corrected chi connectivity index (χ0v) is 12.3. The Labute approximate surface area is 124 Å². The van der Waals surface area contributed by atoms with Crippen molar-refractivity contribution >= 4 is 11.6 Å². The first-order valence-electron chi connectivity index (χ1n) is 6.88. The molecule has 0 saturated carbocycles. The minimum atomic E-state index is -0.0760. The molecule has 0 N–H and O–H groups in total. The van der Waals surface area contributed by atoms with Crippen LogP contribution in [-0.2, 0) is 0 Å². The van der Waals surface area contributed by atoms with Crippen LogP contribution in [0.3, 0.4) is 0 Å². The molecule has 0 radical (unpaired) electrons. The van der Waals surface area contributed by atoms with Crippen molar-refractivity contribution in [3.8, 4) is 5.75 Å². The van der Waals surface area contributed by atoms with Gasteiger partial charge in [0.25, 0.3) is 0 Å². The van der Waals surface area contributed by atoms with Crippen LogP contribution in [0.25, 0.3) is 0 Å². The highest BCUT2D eigenvalue weighted by atomic mass is 16.5. The molecular weight excluding hydrogens is 264 g/mol. The molecule has 3 heteroatoms. The quantitative estimate of drug-likeness (QED) is 0.756. The van der Waals surface area contributed by atoms with Crippen LogP contribution in [0.15, 0.2) is 48.5 Å². The van der Waals surface area contributed by atoms with Crippen LogP contribution in [0.5, 0.6) is 5.75 Å². The van der Waals surface area contributed by atoms with Gasteiger partial charge in [0.2, 0.25) is 0 Å². The van der Waals surface area contributed by atoms with Crippen molar-refractivity contribution in [3.63, 3.8) is 0 Å². The van der Waals surface area contributed by atoms with E-state index in [0.29, 0.717) is 16.9 Å². The Hall–Kier alpha value is -2.42. The zero-order valence-electron chi connectivity index (χ0n) is 12.3. The first-order chi connectivity index (χ1) is 10.1. The Kier molecular flexibility index (Phi) is 4.88. The Morgan fingerprint density at radius 3 is 2.19 bits per heavy atom. The lowest BCUT2D eigenvalue weighted by molar-refractivity contribution is 0.0916. The molecule has 108 valence electrons. The van der Waals surface area contributed by atoms with Gasteiger partial charge in [0, 0.05) is 18.4 Å². The summed E-state index contributed by atoms with van der Waals surface area (Å²) >= 11 is 0. The molecule has 0 fully saturated rings. The van der Waals surface area contributed by atoms with Crippen LogP contribution >= 0.6 is 0 Å². The fraction of sp³-hybridized carbons (Fsp3) is 0.222. The molecule has 2 rings (SSSR count). The average molecular weight is 282 g/mol. The number of carbonyl (C=O) groups excluding carboxylic acids is 2. The highest BCUT2D eigenvalue weighted by Gasteiger charge is 2.14. The zero-order chi connectivity index (χ0) is 15.2. The Morgan fingerprint density at radius 1 is 0.905 bits per heavy atom. The van der Waals surface area contributed by atoms with Crippen LogP contribution in [-0.4, -0.2) is 18.7 Å². The molecule has 0 unspecified atom stereocenters. The summed E-state index contributed by atoms with van der Waals surface area (Å²) in [5, 5.41) is 0. The summed E-state index contributed by atoms with van der Waals surface area (Å²) in [5.74, 6) is 0.455. The van der Waals surface area contributed by atoms with E-state index in [0.717, 1.165) is 5.56 Å². The van der Waals surface area contributed by atoms with E-state index in [2.05, 4.69) is 0 Å². The number of ether oxygens (including phenoxy) is 1. The highest BCUT2D eigenvalue weighted by molar-refractivity contribution is 6.03. The molecule has 0 spiro atoms. The summed E-state index contributed by atoms with van der Waals surface area (Å²) in [7, 11) is 1.53. The average Bonchev–Trinajstić information content (AvgIpc) is 2.52. The summed E-state index contributed by atoms with van der Waals surface area (Å²) in [4.78, 5) is 24.2. The second-order valence-corrected chi connectivity index (χ2v) is 4.91. The molecule has 0 aliphatic carbocycles. The van der Waals surface area contributed by atoms with Crippen molar-refractivity contribution in [3.05, 3.63) is 65.2 Å². The number of methoxy groups -OCH3 is 1. The Morgan fingerprint density at radius 2 is 1.52 bits per heavy atom. The predicted octanol–water partition coefficient (Wildman–Crippen LogP) is 3.85. The number of hydrogen-bond donors (Lipinski definition) is 0. The summed E-state index contributed by atoms with van der Waals surface area (Å²) in [6.07, 6.45) is 0.396. The molecule has 0 saturated heterocycles. The fourth-order valence-electron chi connectivity index (χ4n) is 2.12. The molecule has 0 aliphatic heterocycles. The third-order valence-corrected chi connectivity index (χ3v) is 3.36. The molecule has 0 atom stereocenters. The largest absolute Gasteiger partial charge is 0.496 e. The van der Waals surface area contributed by atoms with Gasteiger partial charge in [-0.15, -0.1) is 0 Å². The maximum Gasteiger partial charge on any atom is 0.167 e. The van der Waals surface area contributed by atoms with Gasteiger partial charge in [-0.2, -0.15) is 0 Å². The van der Waals surface area contributed by atoms with Gasteiger partial charge < -0.3 is 4.74 Å². The molecule has 2 aromatic rings. The van der Waals surface area contributed by atoms with Gasteiger partial charge in [0.1, 0.15) is 5.75 Å². The lowest BCUT2D eigenvalue weighted by atomic mass is 10.0. The summed E-state index contributed by atoms with van der Waals surface area (Å²) in [6.45, 7) is 1.97. The van der Waals surface area contributed by atoms with Gasteiger partial charge >= 0.3 is 0 Å². The number of rotatable bonds is 6. The van der Waals surface area contributed by atoms with E-state index in [4.69, 9.17) is 4.74 Å². The number of aryl methyl sites for hydroxylation is 1. The number of para-hydroxylation sites is 1. The standard InChI is InChI=1S/C18H18O3/c1-13-7-9-14(10-8-13)16(19)11-12-17(20)15-5-3-4-6-18(15)21-2/h3-10H,11-12H2,1-2H3. The Balaban J connectivity index is 2.01. The molecule has 0 amide bonds. The summed E-state index contributed by atoms with van der Waals surface area (Å²) < 4.78 is 5.17. The number of carbonyl (C=O) groups is 2. The molecule has 0 bridgehead atoms. The third kappa shape index (κ3) is 3.78. The second kappa shape index (κ2) is 6.84. The van der Waals surface area contributed by atoms with Crippen LogP contribution in [0.4, 0.5) is 0 Å². The van der Waals surface area contributed by atoms with E-state index in [9.17, 15) is 9.59 Å².